The predicted octanol–water partition coefficient (Wildman–Crippen LogP) is 6.02. The molecule has 0 aromatic carbocycles. The van der Waals surface area contributed by atoms with Crippen molar-refractivity contribution in [1.29, 1.82) is 0 Å². The van der Waals surface area contributed by atoms with E-state index in [0.29, 0.717) is 12.8 Å². The van der Waals surface area contributed by atoms with Gasteiger partial charge < -0.3 is 9.90 Å². The molecule has 138 valence electrons. The summed E-state index contributed by atoms with van der Waals surface area (Å²) in [6.45, 7) is 3.74. The molecule has 1 atom stereocenters. The van der Waals surface area contributed by atoms with Crippen molar-refractivity contribution >= 4 is 5.78 Å². The number of Topliss-reactive ketones (excluding diaryl/α,β-unsaturated/α-hetero) is 1. The highest BCUT2D eigenvalue weighted by atomic mass is 16.3. The number of hydrogen-bond acceptors (Lipinski definition) is 2. The summed E-state index contributed by atoms with van der Waals surface area (Å²) in [7, 11) is 0. The quantitative estimate of drug-likeness (QED) is 0.309. The van der Waals surface area contributed by atoms with Crippen LogP contribution in [0.3, 0.4) is 0 Å². The summed E-state index contributed by atoms with van der Waals surface area (Å²) in [5.41, 5.74) is 0. The molecule has 0 saturated heterocycles. The van der Waals surface area contributed by atoms with Gasteiger partial charge in [0.05, 0.1) is 6.10 Å². The van der Waals surface area contributed by atoms with Crippen molar-refractivity contribution in [1.82, 2.24) is 0 Å². The Morgan fingerprint density at radius 1 is 0.840 bits per heavy atom. The van der Waals surface area contributed by atoms with Gasteiger partial charge in [0.25, 0.3) is 0 Å². The van der Waals surface area contributed by atoms with Crippen molar-refractivity contribution in [3.05, 3.63) is 72.9 Å². The lowest BCUT2D eigenvalue weighted by Crippen LogP contribution is -1.98. The van der Waals surface area contributed by atoms with E-state index in [-0.39, 0.29) is 5.78 Å². The van der Waals surface area contributed by atoms with Crippen molar-refractivity contribution in [2.75, 3.05) is 0 Å². The molecule has 0 aromatic heterocycles. The fourth-order valence-electron chi connectivity index (χ4n) is 1.95. The van der Waals surface area contributed by atoms with Gasteiger partial charge in [0, 0.05) is 6.42 Å². The zero-order valence-electron chi connectivity index (χ0n) is 15.8. The Bertz CT molecular complexity index is 490. The predicted molar refractivity (Wildman–Crippen MR) is 110 cm³/mol. The van der Waals surface area contributed by atoms with Crippen LogP contribution < -0.4 is 0 Å². The molecule has 0 amide bonds. The number of aliphatic hydroxyl groups excluding tert-OH is 1. The Morgan fingerprint density at radius 2 is 1.44 bits per heavy atom. The van der Waals surface area contributed by atoms with E-state index in [9.17, 15) is 9.90 Å². The SMILES string of the molecule is CC/C=C\C/C=C\C=C\[C@@H](O)C/C=C\C/C=C\C/C=C\CCC(C)=O. The zero-order valence-corrected chi connectivity index (χ0v) is 15.8. The number of allylic oxidation sites excluding steroid dienone is 10. The summed E-state index contributed by atoms with van der Waals surface area (Å²) in [6.07, 6.45) is 29.9. The molecular formula is C23H34O2. The smallest absolute Gasteiger partial charge is 0.130 e. The second kappa shape index (κ2) is 18.4. The first-order chi connectivity index (χ1) is 12.2. The molecule has 0 radical (unpaired) electrons. The van der Waals surface area contributed by atoms with Crippen LogP contribution in [0.15, 0.2) is 72.9 Å². The maximum Gasteiger partial charge on any atom is 0.130 e. The average molecular weight is 343 g/mol. The van der Waals surface area contributed by atoms with E-state index < -0.39 is 6.10 Å². The first-order valence-electron chi connectivity index (χ1n) is 9.27. The second-order valence-corrected chi connectivity index (χ2v) is 5.86. The highest BCUT2D eigenvalue weighted by Gasteiger charge is 1.92. The maximum absolute atomic E-state index is 10.8. The van der Waals surface area contributed by atoms with Crippen LogP contribution in [0.5, 0.6) is 0 Å². The molecule has 0 unspecified atom stereocenters. The molecule has 0 spiro atoms. The Kier molecular flexibility index (Phi) is 17.0. The summed E-state index contributed by atoms with van der Waals surface area (Å²) in [4.78, 5) is 10.8. The molecule has 2 heteroatoms. The van der Waals surface area contributed by atoms with Crippen LogP contribution in [0.1, 0.15) is 58.8 Å². The fraction of sp³-hybridized carbons (Fsp3) is 0.435. The first-order valence-corrected chi connectivity index (χ1v) is 9.27. The summed E-state index contributed by atoms with van der Waals surface area (Å²) in [5, 5.41) is 9.82. The van der Waals surface area contributed by atoms with E-state index in [4.69, 9.17) is 0 Å². The summed E-state index contributed by atoms with van der Waals surface area (Å²) < 4.78 is 0. The van der Waals surface area contributed by atoms with Crippen LogP contribution in [0.4, 0.5) is 0 Å². The van der Waals surface area contributed by atoms with Crippen LogP contribution in [-0.4, -0.2) is 17.0 Å². The van der Waals surface area contributed by atoms with E-state index in [1.54, 1.807) is 6.92 Å². The van der Waals surface area contributed by atoms with Crippen LogP contribution in [0, 0.1) is 0 Å². The summed E-state index contributed by atoms with van der Waals surface area (Å²) in [5.74, 6) is 0.238. The third kappa shape index (κ3) is 20.0. The molecule has 0 rings (SSSR count). The van der Waals surface area contributed by atoms with Gasteiger partial charge >= 0.3 is 0 Å². The Labute approximate surface area is 154 Å². The maximum atomic E-state index is 10.8. The Hall–Kier alpha value is -1.93. The third-order valence-electron chi connectivity index (χ3n) is 3.34. The molecular weight excluding hydrogens is 308 g/mol. The highest BCUT2D eigenvalue weighted by Crippen LogP contribution is 1.99. The number of rotatable bonds is 14. The van der Waals surface area contributed by atoms with Crippen LogP contribution in [0.2, 0.25) is 0 Å². The second-order valence-electron chi connectivity index (χ2n) is 5.86. The lowest BCUT2D eigenvalue weighted by atomic mass is 10.2. The summed E-state index contributed by atoms with van der Waals surface area (Å²) in [6, 6.07) is 0. The molecule has 0 aliphatic rings. The third-order valence-corrected chi connectivity index (χ3v) is 3.34. The number of hydrogen-bond donors (Lipinski definition) is 1. The largest absolute Gasteiger partial charge is 0.389 e. The molecule has 0 bridgehead atoms. The van der Waals surface area contributed by atoms with E-state index in [2.05, 4.69) is 55.5 Å². The van der Waals surface area contributed by atoms with Crippen molar-refractivity contribution in [3.8, 4) is 0 Å². The van der Waals surface area contributed by atoms with Gasteiger partial charge in [-0.1, -0.05) is 79.8 Å². The molecule has 0 fully saturated rings. The Balaban J connectivity index is 3.70. The van der Waals surface area contributed by atoms with Crippen molar-refractivity contribution in [3.63, 3.8) is 0 Å². The van der Waals surface area contributed by atoms with E-state index in [0.717, 1.165) is 32.1 Å². The lowest BCUT2D eigenvalue weighted by Gasteiger charge is -1.98. The zero-order chi connectivity index (χ0) is 18.6. The highest BCUT2D eigenvalue weighted by molar-refractivity contribution is 5.75. The van der Waals surface area contributed by atoms with Gasteiger partial charge in [0.2, 0.25) is 0 Å². The molecule has 0 aliphatic heterocycles. The van der Waals surface area contributed by atoms with E-state index >= 15 is 0 Å². The van der Waals surface area contributed by atoms with E-state index in [1.807, 2.05) is 24.3 Å². The van der Waals surface area contributed by atoms with Gasteiger partial charge in [0.15, 0.2) is 0 Å². The normalized spacial score (nSPS) is 14.4. The van der Waals surface area contributed by atoms with Crippen LogP contribution in [0.25, 0.3) is 0 Å². The minimum absolute atomic E-state index is 0.238. The first kappa shape index (κ1) is 23.1. The van der Waals surface area contributed by atoms with Gasteiger partial charge in [-0.15, -0.1) is 0 Å². The van der Waals surface area contributed by atoms with Gasteiger partial charge in [-0.2, -0.15) is 0 Å². The average Bonchev–Trinajstić information content (AvgIpc) is 2.58. The topological polar surface area (TPSA) is 37.3 Å². The molecule has 1 N–H and O–H groups in total. The Morgan fingerprint density at radius 3 is 2.12 bits per heavy atom. The van der Waals surface area contributed by atoms with Gasteiger partial charge in [-0.3, -0.25) is 0 Å². The molecule has 0 saturated carbocycles. The van der Waals surface area contributed by atoms with Crippen LogP contribution >= 0.6 is 0 Å². The number of ketones is 1. The minimum Gasteiger partial charge on any atom is -0.389 e. The molecule has 2 nitrogen and oxygen atoms in total. The van der Waals surface area contributed by atoms with Crippen LogP contribution in [-0.2, 0) is 4.79 Å². The molecule has 0 heterocycles. The fourth-order valence-corrected chi connectivity index (χ4v) is 1.95. The molecule has 0 aromatic rings. The number of carbonyl (C=O) groups is 1. The van der Waals surface area contributed by atoms with Gasteiger partial charge in [-0.05, 0) is 45.4 Å². The lowest BCUT2D eigenvalue weighted by molar-refractivity contribution is -0.116. The molecule has 0 aliphatic carbocycles. The van der Waals surface area contributed by atoms with E-state index in [1.165, 1.54) is 0 Å². The number of carbonyl (C=O) groups excluding carboxylic acids is 1. The minimum atomic E-state index is -0.430. The monoisotopic (exact) mass is 342 g/mol. The summed E-state index contributed by atoms with van der Waals surface area (Å²) >= 11 is 0. The number of aliphatic hydroxyl groups is 1. The van der Waals surface area contributed by atoms with Crippen molar-refractivity contribution in [2.45, 2.75) is 64.9 Å². The molecule has 25 heavy (non-hydrogen) atoms. The van der Waals surface area contributed by atoms with Crippen molar-refractivity contribution in [2.24, 2.45) is 0 Å². The van der Waals surface area contributed by atoms with Gasteiger partial charge in [-0.25, -0.2) is 0 Å². The van der Waals surface area contributed by atoms with Crippen molar-refractivity contribution < 1.29 is 9.90 Å². The standard InChI is InChI=1S/C23H34O2/c1-3-4-5-6-10-14-17-20-23(25)21-18-15-12-9-7-8-11-13-16-19-22(2)24/h4-5,7,9-11,13-15,17-18,20,23,25H,3,6,8,12,16,19,21H2,1-2H3/b5-4-,9-7-,13-11-,14-10-,18-15-,20-17+/t23-/m1/s1. The van der Waals surface area contributed by atoms with Gasteiger partial charge in [0.1, 0.15) is 5.78 Å².